The van der Waals surface area contributed by atoms with Crippen molar-refractivity contribution in [2.75, 3.05) is 33.8 Å². The summed E-state index contributed by atoms with van der Waals surface area (Å²) in [5, 5.41) is 10.4. The van der Waals surface area contributed by atoms with E-state index >= 15 is 0 Å². The molecule has 0 spiro atoms. The molecule has 1 aromatic rings. The van der Waals surface area contributed by atoms with Crippen molar-refractivity contribution in [1.29, 1.82) is 0 Å². The maximum absolute atomic E-state index is 10.4. The molecule has 1 fully saturated rings. The second-order valence-corrected chi connectivity index (χ2v) is 4.82. The van der Waals surface area contributed by atoms with Gasteiger partial charge in [-0.1, -0.05) is 30.3 Å². The minimum atomic E-state index is -1.12. The van der Waals surface area contributed by atoms with E-state index < -0.39 is 5.79 Å². The molecular formula is C12H18BrNO2. The second kappa shape index (κ2) is 4.84. The number of ether oxygens (including phenoxy) is 1. The van der Waals surface area contributed by atoms with Crippen LogP contribution in [-0.4, -0.2) is 43.4 Å². The Kier molecular flexibility index (Phi) is 4.12. The van der Waals surface area contributed by atoms with E-state index in [9.17, 15) is 5.11 Å². The predicted octanol–water partition coefficient (Wildman–Crippen LogP) is -2.06. The van der Waals surface area contributed by atoms with Crippen LogP contribution < -0.4 is 17.0 Å². The van der Waals surface area contributed by atoms with Gasteiger partial charge in [-0.3, -0.25) is 0 Å². The first-order valence-corrected chi connectivity index (χ1v) is 5.26. The molecule has 90 valence electrons. The van der Waals surface area contributed by atoms with Gasteiger partial charge in [0.15, 0.2) is 0 Å². The largest absolute Gasteiger partial charge is 1.00 e. The molecule has 1 aliphatic rings. The van der Waals surface area contributed by atoms with Gasteiger partial charge in [-0.2, -0.15) is 0 Å². The molecule has 0 aliphatic carbocycles. The maximum Gasteiger partial charge on any atom is 0.243 e. The molecule has 3 nitrogen and oxygen atoms in total. The first-order chi connectivity index (χ1) is 7.02. The topological polar surface area (TPSA) is 29.5 Å². The average Bonchev–Trinajstić information content (AvgIpc) is 2.17. The number of halogens is 1. The summed E-state index contributed by atoms with van der Waals surface area (Å²) in [6.45, 7) is 2.13. The van der Waals surface area contributed by atoms with Gasteiger partial charge in [0.25, 0.3) is 0 Å². The predicted molar refractivity (Wildman–Crippen MR) is 58.1 cm³/mol. The van der Waals surface area contributed by atoms with E-state index in [1.165, 1.54) is 0 Å². The third kappa shape index (κ3) is 2.83. The minimum absolute atomic E-state index is 0. The molecule has 0 radical (unpaired) electrons. The Labute approximate surface area is 107 Å². The lowest BCUT2D eigenvalue weighted by Crippen LogP contribution is -3.00. The third-order valence-electron chi connectivity index (χ3n) is 2.90. The molecule has 0 aromatic heterocycles. The van der Waals surface area contributed by atoms with Crippen LogP contribution in [0, 0.1) is 0 Å². The van der Waals surface area contributed by atoms with Gasteiger partial charge in [0.1, 0.15) is 13.1 Å². The molecule has 1 aromatic carbocycles. The monoisotopic (exact) mass is 287 g/mol. The van der Waals surface area contributed by atoms with Crippen molar-refractivity contribution in [3.8, 4) is 0 Å². The van der Waals surface area contributed by atoms with Crippen molar-refractivity contribution in [2.45, 2.75) is 5.79 Å². The van der Waals surface area contributed by atoms with Crippen molar-refractivity contribution < 1.29 is 31.3 Å². The molecule has 4 heteroatoms. The molecule has 1 unspecified atom stereocenters. The van der Waals surface area contributed by atoms with E-state index in [1.54, 1.807) is 0 Å². The molecule has 1 saturated heterocycles. The van der Waals surface area contributed by atoms with Crippen LogP contribution in [0.5, 0.6) is 0 Å². The van der Waals surface area contributed by atoms with Crippen LogP contribution in [0.4, 0.5) is 0 Å². The van der Waals surface area contributed by atoms with Gasteiger partial charge in [0.05, 0.1) is 20.7 Å². The first-order valence-electron chi connectivity index (χ1n) is 5.26. The summed E-state index contributed by atoms with van der Waals surface area (Å²) in [7, 11) is 4.22. The number of quaternary nitrogens is 1. The van der Waals surface area contributed by atoms with E-state index in [-0.39, 0.29) is 17.0 Å². The highest BCUT2D eigenvalue weighted by molar-refractivity contribution is 5.20. The summed E-state index contributed by atoms with van der Waals surface area (Å²) in [6, 6.07) is 9.60. The summed E-state index contributed by atoms with van der Waals surface area (Å²) >= 11 is 0. The van der Waals surface area contributed by atoms with Gasteiger partial charge in [0.2, 0.25) is 5.79 Å². The fourth-order valence-electron chi connectivity index (χ4n) is 2.04. The van der Waals surface area contributed by atoms with Crippen molar-refractivity contribution >= 4 is 0 Å². The van der Waals surface area contributed by atoms with Crippen molar-refractivity contribution in [1.82, 2.24) is 0 Å². The van der Waals surface area contributed by atoms with Crippen LogP contribution in [0.25, 0.3) is 0 Å². The number of morpholine rings is 1. The van der Waals surface area contributed by atoms with E-state index in [2.05, 4.69) is 14.1 Å². The molecule has 0 saturated carbocycles. The van der Waals surface area contributed by atoms with Gasteiger partial charge >= 0.3 is 0 Å². The van der Waals surface area contributed by atoms with E-state index in [1.807, 2.05) is 30.3 Å². The lowest BCUT2D eigenvalue weighted by molar-refractivity contribution is -0.912. The molecule has 2 rings (SSSR count). The molecule has 16 heavy (non-hydrogen) atoms. The second-order valence-electron chi connectivity index (χ2n) is 4.82. The lowest BCUT2D eigenvalue weighted by atomic mass is 10.0. The van der Waals surface area contributed by atoms with Crippen LogP contribution in [0.15, 0.2) is 30.3 Å². The Morgan fingerprint density at radius 2 is 1.88 bits per heavy atom. The quantitative estimate of drug-likeness (QED) is 0.602. The van der Waals surface area contributed by atoms with Crippen LogP contribution >= 0.6 is 0 Å². The number of hydrogen-bond acceptors (Lipinski definition) is 2. The fourth-order valence-corrected chi connectivity index (χ4v) is 2.04. The van der Waals surface area contributed by atoms with Crippen LogP contribution in [0.2, 0.25) is 0 Å². The smallest absolute Gasteiger partial charge is 0.243 e. The first kappa shape index (κ1) is 13.6. The van der Waals surface area contributed by atoms with Crippen molar-refractivity contribution in [2.24, 2.45) is 0 Å². The molecule has 0 amide bonds. The van der Waals surface area contributed by atoms with E-state index in [0.717, 1.165) is 16.6 Å². The average molecular weight is 288 g/mol. The van der Waals surface area contributed by atoms with Gasteiger partial charge in [-0.05, 0) is 0 Å². The standard InChI is InChI=1S/C12H18NO2.BrH/c1-13(2)8-9-15-12(14,10-13)11-6-4-3-5-7-11;/h3-7,14H,8-10H2,1-2H3;1H/q+1;/p-1. The number of benzene rings is 1. The summed E-state index contributed by atoms with van der Waals surface area (Å²) in [5.41, 5.74) is 0.843. The zero-order valence-corrected chi connectivity index (χ0v) is 11.3. The van der Waals surface area contributed by atoms with Crippen LogP contribution in [0.3, 0.4) is 0 Å². The third-order valence-corrected chi connectivity index (χ3v) is 2.90. The molecule has 1 N–H and O–H groups in total. The minimum Gasteiger partial charge on any atom is -1.00 e. The van der Waals surface area contributed by atoms with E-state index in [4.69, 9.17) is 4.74 Å². The maximum atomic E-state index is 10.4. The van der Waals surface area contributed by atoms with Crippen molar-refractivity contribution in [3.63, 3.8) is 0 Å². The number of aliphatic hydroxyl groups is 1. The fraction of sp³-hybridized carbons (Fsp3) is 0.500. The highest BCUT2D eigenvalue weighted by Gasteiger charge is 2.41. The number of nitrogens with zero attached hydrogens (tertiary/aromatic N) is 1. The SMILES string of the molecule is C[N+]1(C)CCOC(O)(c2ccccc2)C1.[Br-]. The number of hydrogen-bond donors (Lipinski definition) is 1. The number of rotatable bonds is 1. The Balaban J connectivity index is 0.00000128. The van der Waals surface area contributed by atoms with Gasteiger partial charge in [0, 0.05) is 5.56 Å². The highest BCUT2D eigenvalue weighted by Crippen LogP contribution is 2.28. The van der Waals surface area contributed by atoms with Crippen molar-refractivity contribution in [3.05, 3.63) is 35.9 Å². The number of likely N-dealkylation sites (N-methyl/N-ethyl adjacent to an activating group) is 1. The summed E-state index contributed by atoms with van der Waals surface area (Å²) in [6.07, 6.45) is 0. The zero-order chi connectivity index (χ0) is 10.9. The van der Waals surface area contributed by atoms with Gasteiger partial charge in [-0.15, -0.1) is 0 Å². The Morgan fingerprint density at radius 1 is 1.25 bits per heavy atom. The van der Waals surface area contributed by atoms with Gasteiger partial charge < -0.3 is 31.3 Å². The molecule has 1 atom stereocenters. The normalized spacial score (nSPS) is 28.2. The highest BCUT2D eigenvalue weighted by atomic mass is 79.9. The van der Waals surface area contributed by atoms with Crippen LogP contribution in [-0.2, 0) is 10.5 Å². The molecule has 1 heterocycles. The summed E-state index contributed by atoms with van der Waals surface area (Å²) in [4.78, 5) is 0. The lowest BCUT2D eigenvalue weighted by Gasteiger charge is -2.42. The Morgan fingerprint density at radius 3 is 2.44 bits per heavy atom. The van der Waals surface area contributed by atoms with E-state index in [0.29, 0.717) is 13.2 Å². The van der Waals surface area contributed by atoms with Crippen LogP contribution in [0.1, 0.15) is 5.56 Å². The van der Waals surface area contributed by atoms with Gasteiger partial charge in [-0.25, -0.2) is 0 Å². The Bertz CT molecular complexity index is 342. The molecular weight excluding hydrogens is 270 g/mol. The zero-order valence-electron chi connectivity index (χ0n) is 9.69. The summed E-state index contributed by atoms with van der Waals surface area (Å²) < 4.78 is 6.31. The molecule has 1 aliphatic heterocycles. The Hall–Kier alpha value is -0.420. The summed E-state index contributed by atoms with van der Waals surface area (Å²) in [5.74, 6) is -1.12. The molecule has 0 bridgehead atoms.